The Labute approximate surface area is 97.2 Å². The summed E-state index contributed by atoms with van der Waals surface area (Å²) in [4.78, 5) is 0. The lowest BCUT2D eigenvalue weighted by Gasteiger charge is -2.27. The number of nitrogens with one attached hydrogen (secondary N) is 1. The van der Waals surface area contributed by atoms with Crippen molar-refractivity contribution >= 4 is 5.69 Å². The van der Waals surface area contributed by atoms with E-state index in [2.05, 4.69) is 30.4 Å². The molecule has 5 N–H and O–H groups in total. The minimum absolute atomic E-state index is 0.218. The normalized spacial score (nSPS) is 22.9. The average Bonchev–Trinajstić information content (AvgIpc) is 2.69. The van der Waals surface area contributed by atoms with Crippen LogP contribution >= 0.6 is 0 Å². The second-order valence-electron chi connectivity index (χ2n) is 4.61. The van der Waals surface area contributed by atoms with Crippen molar-refractivity contribution in [1.82, 2.24) is 0 Å². The molecule has 0 radical (unpaired) electrons. The van der Waals surface area contributed by atoms with Crippen LogP contribution in [0.4, 0.5) is 5.69 Å². The highest BCUT2D eigenvalue weighted by Crippen LogP contribution is 2.41. The zero-order valence-electron chi connectivity index (χ0n) is 9.92. The summed E-state index contributed by atoms with van der Waals surface area (Å²) in [5.41, 5.74) is 15.5. The van der Waals surface area contributed by atoms with Crippen molar-refractivity contribution in [2.24, 2.45) is 11.5 Å². The van der Waals surface area contributed by atoms with E-state index in [0.717, 1.165) is 25.9 Å². The van der Waals surface area contributed by atoms with Gasteiger partial charge >= 0.3 is 0 Å². The van der Waals surface area contributed by atoms with Crippen LogP contribution in [-0.2, 0) is 12.0 Å². The van der Waals surface area contributed by atoms with Gasteiger partial charge in [-0.1, -0.05) is 19.1 Å². The minimum Gasteiger partial charge on any atom is -0.384 e. The highest BCUT2D eigenvalue weighted by atomic mass is 14.9. The van der Waals surface area contributed by atoms with Crippen LogP contribution in [-0.4, -0.2) is 13.1 Å². The van der Waals surface area contributed by atoms with Gasteiger partial charge in [0.2, 0.25) is 0 Å². The standard InChI is InChI=1S/C13H21N3/c1-2-13(5-6-14)9-16-12-4-3-10(8-15)7-11(12)13/h3-4,7,16H,2,5-6,8-9,14-15H2,1H3. The van der Waals surface area contributed by atoms with Crippen LogP contribution in [0.3, 0.4) is 0 Å². The first-order chi connectivity index (χ1) is 7.75. The molecular weight excluding hydrogens is 198 g/mol. The Morgan fingerprint density at radius 2 is 2.19 bits per heavy atom. The molecular formula is C13H21N3. The van der Waals surface area contributed by atoms with Crippen LogP contribution < -0.4 is 16.8 Å². The van der Waals surface area contributed by atoms with Gasteiger partial charge in [0.05, 0.1) is 0 Å². The van der Waals surface area contributed by atoms with E-state index < -0.39 is 0 Å². The number of hydrogen-bond donors (Lipinski definition) is 3. The van der Waals surface area contributed by atoms with E-state index in [1.807, 2.05) is 0 Å². The third kappa shape index (κ3) is 1.70. The first-order valence-electron chi connectivity index (χ1n) is 6.03. The number of rotatable bonds is 4. The number of benzene rings is 1. The number of fused-ring (bicyclic) bond motifs is 1. The molecule has 0 saturated carbocycles. The van der Waals surface area contributed by atoms with Crippen molar-refractivity contribution in [3.8, 4) is 0 Å². The smallest absolute Gasteiger partial charge is 0.0379 e. The number of nitrogens with two attached hydrogens (primary N) is 2. The van der Waals surface area contributed by atoms with Gasteiger partial charge in [-0.15, -0.1) is 0 Å². The van der Waals surface area contributed by atoms with Crippen LogP contribution in [0.5, 0.6) is 0 Å². The number of hydrogen-bond acceptors (Lipinski definition) is 3. The molecule has 1 aliphatic heterocycles. The summed E-state index contributed by atoms with van der Waals surface area (Å²) in [5.74, 6) is 0. The van der Waals surface area contributed by atoms with Gasteiger partial charge in [0.25, 0.3) is 0 Å². The molecule has 0 saturated heterocycles. The molecule has 0 spiro atoms. The third-order valence-electron chi connectivity index (χ3n) is 3.81. The molecule has 1 unspecified atom stereocenters. The lowest BCUT2D eigenvalue weighted by molar-refractivity contribution is 0.424. The van der Waals surface area contributed by atoms with Crippen molar-refractivity contribution in [2.45, 2.75) is 31.7 Å². The van der Waals surface area contributed by atoms with Gasteiger partial charge in [0.15, 0.2) is 0 Å². The Morgan fingerprint density at radius 3 is 2.81 bits per heavy atom. The van der Waals surface area contributed by atoms with Gasteiger partial charge in [-0.05, 0) is 36.6 Å². The molecule has 2 rings (SSSR count). The monoisotopic (exact) mass is 219 g/mol. The maximum Gasteiger partial charge on any atom is 0.0379 e. The summed E-state index contributed by atoms with van der Waals surface area (Å²) >= 11 is 0. The van der Waals surface area contributed by atoms with Gasteiger partial charge in [0, 0.05) is 24.2 Å². The Morgan fingerprint density at radius 1 is 1.38 bits per heavy atom. The van der Waals surface area contributed by atoms with Crippen molar-refractivity contribution < 1.29 is 0 Å². The van der Waals surface area contributed by atoms with Crippen LogP contribution in [0.25, 0.3) is 0 Å². The maximum atomic E-state index is 5.74. The molecule has 1 atom stereocenters. The van der Waals surface area contributed by atoms with Gasteiger partial charge in [-0.25, -0.2) is 0 Å². The molecule has 0 aromatic heterocycles. The van der Waals surface area contributed by atoms with Gasteiger partial charge in [0.1, 0.15) is 0 Å². The summed E-state index contributed by atoms with van der Waals surface area (Å²) in [5, 5.41) is 3.48. The maximum absolute atomic E-state index is 5.74. The topological polar surface area (TPSA) is 64.1 Å². The molecule has 88 valence electrons. The van der Waals surface area contributed by atoms with Crippen LogP contribution in [0, 0.1) is 0 Å². The zero-order chi connectivity index (χ0) is 11.6. The van der Waals surface area contributed by atoms with Gasteiger partial charge in [-0.3, -0.25) is 0 Å². The second kappa shape index (κ2) is 4.44. The first kappa shape index (κ1) is 11.4. The van der Waals surface area contributed by atoms with E-state index >= 15 is 0 Å². The fraction of sp³-hybridized carbons (Fsp3) is 0.538. The molecule has 0 fully saturated rings. The summed E-state index contributed by atoms with van der Waals surface area (Å²) in [7, 11) is 0. The van der Waals surface area contributed by atoms with Crippen LogP contribution in [0.2, 0.25) is 0 Å². The molecule has 0 amide bonds. The van der Waals surface area contributed by atoms with E-state index in [-0.39, 0.29) is 5.41 Å². The first-order valence-corrected chi connectivity index (χ1v) is 6.03. The fourth-order valence-corrected chi connectivity index (χ4v) is 2.66. The quantitative estimate of drug-likeness (QED) is 0.720. The molecule has 1 heterocycles. The van der Waals surface area contributed by atoms with Crippen molar-refractivity contribution in [3.05, 3.63) is 29.3 Å². The Hall–Kier alpha value is -1.06. The highest BCUT2D eigenvalue weighted by Gasteiger charge is 2.36. The van der Waals surface area contributed by atoms with E-state index in [1.54, 1.807) is 0 Å². The second-order valence-corrected chi connectivity index (χ2v) is 4.61. The molecule has 3 nitrogen and oxygen atoms in total. The predicted octanol–water partition coefficient (Wildman–Crippen LogP) is 1.57. The predicted molar refractivity (Wildman–Crippen MR) is 68.5 cm³/mol. The third-order valence-corrected chi connectivity index (χ3v) is 3.81. The Balaban J connectivity index is 2.42. The fourth-order valence-electron chi connectivity index (χ4n) is 2.66. The van der Waals surface area contributed by atoms with E-state index in [1.165, 1.54) is 16.8 Å². The van der Waals surface area contributed by atoms with Crippen molar-refractivity contribution in [3.63, 3.8) is 0 Å². The van der Waals surface area contributed by atoms with Crippen molar-refractivity contribution in [2.75, 3.05) is 18.4 Å². The molecule has 0 aliphatic carbocycles. The molecule has 16 heavy (non-hydrogen) atoms. The largest absolute Gasteiger partial charge is 0.384 e. The number of anilines is 1. The summed E-state index contributed by atoms with van der Waals surface area (Å²) in [6.07, 6.45) is 2.16. The average molecular weight is 219 g/mol. The van der Waals surface area contributed by atoms with Crippen LogP contribution in [0.1, 0.15) is 30.9 Å². The lowest BCUT2D eigenvalue weighted by Crippen LogP contribution is -2.30. The summed E-state index contributed by atoms with van der Waals surface area (Å²) in [6, 6.07) is 6.49. The summed E-state index contributed by atoms with van der Waals surface area (Å²) in [6.45, 7) is 4.59. The van der Waals surface area contributed by atoms with Crippen molar-refractivity contribution in [1.29, 1.82) is 0 Å². The van der Waals surface area contributed by atoms with Gasteiger partial charge in [-0.2, -0.15) is 0 Å². The Kier molecular flexibility index (Phi) is 3.17. The molecule has 1 aliphatic rings. The highest BCUT2D eigenvalue weighted by molar-refractivity contribution is 5.61. The molecule has 1 aromatic rings. The van der Waals surface area contributed by atoms with E-state index in [4.69, 9.17) is 11.5 Å². The Bertz CT molecular complexity index is 371. The molecule has 3 heteroatoms. The van der Waals surface area contributed by atoms with Gasteiger partial charge < -0.3 is 16.8 Å². The lowest BCUT2D eigenvalue weighted by atomic mass is 9.76. The SMILES string of the molecule is CCC1(CCN)CNc2ccc(CN)cc21. The van der Waals surface area contributed by atoms with E-state index in [0.29, 0.717) is 6.54 Å². The summed E-state index contributed by atoms with van der Waals surface area (Å²) < 4.78 is 0. The molecule has 0 bridgehead atoms. The molecule has 1 aromatic carbocycles. The zero-order valence-corrected chi connectivity index (χ0v) is 9.92. The van der Waals surface area contributed by atoms with Crippen LogP contribution in [0.15, 0.2) is 18.2 Å². The van der Waals surface area contributed by atoms with E-state index in [9.17, 15) is 0 Å². The minimum atomic E-state index is 0.218.